The standard InChI is InChI=1S/C21H22F2N4O4/c22-14-3-4-18(17(23)12-14)25-21(29)27-7-5-15(13-27)31-19-16(2-1-6-24-19)20(28)26-8-10-30-11-9-26/h1-4,6,12,15H,5,7-11,13H2,(H,25,29). The third-order valence-corrected chi connectivity index (χ3v) is 5.18. The van der Waals surface area contributed by atoms with Crippen LogP contribution in [0.3, 0.4) is 0 Å². The van der Waals surface area contributed by atoms with Crippen molar-refractivity contribution < 1.29 is 27.8 Å². The number of morpholine rings is 1. The number of urea groups is 1. The van der Waals surface area contributed by atoms with E-state index < -0.39 is 17.7 Å². The van der Waals surface area contributed by atoms with E-state index in [2.05, 4.69) is 10.3 Å². The van der Waals surface area contributed by atoms with Gasteiger partial charge in [-0.05, 0) is 24.3 Å². The molecule has 3 amide bonds. The molecule has 10 heteroatoms. The molecule has 4 rings (SSSR count). The second kappa shape index (κ2) is 9.25. The number of nitrogens with one attached hydrogen (secondary N) is 1. The number of carbonyl (C=O) groups excluding carboxylic acids is 2. The molecule has 1 aromatic heterocycles. The highest BCUT2D eigenvalue weighted by atomic mass is 19.1. The van der Waals surface area contributed by atoms with Crippen molar-refractivity contribution in [3.63, 3.8) is 0 Å². The molecule has 164 valence electrons. The highest BCUT2D eigenvalue weighted by molar-refractivity contribution is 5.96. The largest absolute Gasteiger partial charge is 0.472 e. The third-order valence-electron chi connectivity index (χ3n) is 5.18. The number of nitrogens with zero attached hydrogens (tertiary/aromatic N) is 3. The lowest BCUT2D eigenvalue weighted by Crippen LogP contribution is -2.41. The molecule has 1 N–H and O–H groups in total. The van der Waals surface area contributed by atoms with E-state index in [9.17, 15) is 18.4 Å². The number of likely N-dealkylation sites (tertiary alicyclic amines) is 1. The summed E-state index contributed by atoms with van der Waals surface area (Å²) in [5.41, 5.74) is 0.263. The summed E-state index contributed by atoms with van der Waals surface area (Å²) in [6.45, 7) is 2.62. The van der Waals surface area contributed by atoms with Gasteiger partial charge in [-0.3, -0.25) is 4.79 Å². The Morgan fingerprint density at radius 3 is 2.71 bits per heavy atom. The van der Waals surface area contributed by atoms with Gasteiger partial charge >= 0.3 is 6.03 Å². The second-order valence-corrected chi connectivity index (χ2v) is 7.29. The first-order chi connectivity index (χ1) is 15.0. The van der Waals surface area contributed by atoms with Gasteiger partial charge in [-0.25, -0.2) is 18.6 Å². The molecule has 3 heterocycles. The number of ether oxygens (including phenoxy) is 2. The molecule has 2 aromatic rings. The minimum absolute atomic E-state index is 0.0983. The molecule has 2 fully saturated rings. The third kappa shape index (κ3) is 4.91. The zero-order valence-electron chi connectivity index (χ0n) is 16.7. The quantitative estimate of drug-likeness (QED) is 0.803. The van der Waals surface area contributed by atoms with E-state index in [-0.39, 0.29) is 30.1 Å². The SMILES string of the molecule is O=C(Nc1ccc(F)cc1F)N1CCC(Oc2ncccc2C(=O)N2CCOCC2)C1. The summed E-state index contributed by atoms with van der Waals surface area (Å²) < 4.78 is 38.1. The molecule has 1 unspecified atom stereocenters. The Bertz CT molecular complexity index is 968. The minimum atomic E-state index is -0.847. The lowest BCUT2D eigenvalue weighted by molar-refractivity contribution is 0.0298. The van der Waals surface area contributed by atoms with Gasteiger partial charge in [-0.1, -0.05) is 0 Å². The molecule has 2 saturated heterocycles. The molecule has 1 atom stereocenters. The molecule has 31 heavy (non-hydrogen) atoms. The zero-order chi connectivity index (χ0) is 21.8. The van der Waals surface area contributed by atoms with Crippen molar-refractivity contribution in [3.8, 4) is 5.88 Å². The van der Waals surface area contributed by atoms with Crippen LogP contribution in [0.15, 0.2) is 36.5 Å². The molecule has 0 bridgehead atoms. The molecule has 0 saturated carbocycles. The van der Waals surface area contributed by atoms with Gasteiger partial charge in [0.25, 0.3) is 5.91 Å². The van der Waals surface area contributed by atoms with Crippen molar-refractivity contribution in [3.05, 3.63) is 53.7 Å². The molecule has 2 aliphatic rings. The number of benzene rings is 1. The van der Waals surface area contributed by atoms with Crippen LogP contribution in [0.2, 0.25) is 0 Å². The molecule has 1 aromatic carbocycles. The summed E-state index contributed by atoms with van der Waals surface area (Å²) in [5.74, 6) is -1.52. The maximum atomic E-state index is 13.8. The maximum Gasteiger partial charge on any atom is 0.322 e. The molecule has 2 aliphatic heterocycles. The van der Waals surface area contributed by atoms with Gasteiger partial charge in [0.05, 0.1) is 25.4 Å². The average Bonchev–Trinajstić information content (AvgIpc) is 3.25. The van der Waals surface area contributed by atoms with Crippen LogP contribution < -0.4 is 10.1 Å². The Balaban J connectivity index is 1.38. The second-order valence-electron chi connectivity index (χ2n) is 7.29. The summed E-state index contributed by atoms with van der Waals surface area (Å²) in [6, 6.07) is 5.78. The predicted molar refractivity (Wildman–Crippen MR) is 107 cm³/mol. The monoisotopic (exact) mass is 432 g/mol. The molecule has 8 nitrogen and oxygen atoms in total. The first-order valence-electron chi connectivity index (χ1n) is 10.0. The highest BCUT2D eigenvalue weighted by Gasteiger charge is 2.30. The number of carbonyl (C=O) groups is 2. The Morgan fingerprint density at radius 2 is 1.94 bits per heavy atom. The van der Waals surface area contributed by atoms with Gasteiger partial charge in [0.1, 0.15) is 23.3 Å². The summed E-state index contributed by atoms with van der Waals surface area (Å²) in [7, 11) is 0. The summed E-state index contributed by atoms with van der Waals surface area (Å²) in [6.07, 6.45) is 1.71. The van der Waals surface area contributed by atoms with Crippen molar-refractivity contribution in [1.29, 1.82) is 0 Å². The number of anilines is 1. The summed E-state index contributed by atoms with van der Waals surface area (Å²) >= 11 is 0. The highest BCUT2D eigenvalue weighted by Crippen LogP contribution is 2.23. The molecular formula is C21H22F2N4O4. The fourth-order valence-electron chi connectivity index (χ4n) is 3.54. The average molecular weight is 432 g/mol. The van der Waals surface area contributed by atoms with Crippen LogP contribution in [0.25, 0.3) is 0 Å². The van der Waals surface area contributed by atoms with Crippen LogP contribution in [0.5, 0.6) is 5.88 Å². The number of pyridine rings is 1. The van der Waals surface area contributed by atoms with Gasteiger partial charge in [-0.2, -0.15) is 0 Å². The Kier molecular flexibility index (Phi) is 6.26. The van der Waals surface area contributed by atoms with E-state index in [1.165, 1.54) is 11.0 Å². The van der Waals surface area contributed by atoms with E-state index in [0.717, 1.165) is 6.07 Å². The lowest BCUT2D eigenvalue weighted by atomic mass is 10.2. The smallest absolute Gasteiger partial charge is 0.322 e. The lowest BCUT2D eigenvalue weighted by Gasteiger charge is -2.27. The first-order valence-corrected chi connectivity index (χ1v) is 10.0. The van der Waals surface area contributed by atoms with Crippen molar-refractivity contribution in [2.24, 2.45) is 0 Å². The minimum Gasteiger partial charge on any atom is -0.472 e. The van der Waals surface area contributed by atoms with Gasteiger partial charge in [-0.15, -0.1) is 0 Å². The van der Waals surface area contributed by atoms with Crippen LogP contribution in [0.1, 0.15) is 16.8 Å². The maximum absolute atomic E-state index is 13.8. The van der Waals surface area contributed by atoms with Crippen molar-refractivity contribution in [2.75, 3.05) is 44.7 Å². The van der Waals surface area contributed by atoms with E-state index in [1.54, 1.807) is 23.2 Å². The molecular weight excluding hydrogens is 410 g/mol. The van der Waals surface area contributed by atoms with Crippen molar-refractivity contribution in [2.45, 2.75) is 12.5 Å². The van der Waals surface area contributed by atoms with E-state index in [0.29, 0.717) is 50.9 Å². The van der Waals surface area contributed by atoms with Crippen LogP contribution in [0, 0.1) is 11.6 Å². The number of hydrogen-bond donors (Lipinski definition) is 1. The van der Waals surface area contributed by atoms with Gasteiger partial charge in [0.15, 0.2) is 0 Å². The number of halogens is 2. The van der Waals surface area contributed by atoms with Gasteiger partial charge in [0, 0.05) is 38.3 Å². The van der Waals surface area contributed by atoms with Gasteiger partial charge in [0.2, 0.25) is 5.88 Å². The first kappa shape index (κ1) is 21.0. The van der Waals surface area contributed by atoms with E-state index >= 15 is 0 Å². The fraction of sp³-hybridized carbons (Fsp3) is 0.381. The number of amides is 3. The Morgan fingerprint density at radius 1 is 1.13 bits per heavy atom. The van der Waals surface area contributed by atoms with E-state index in [4.69, 9.17) is 9.47 Å². The predicted octanol–water partition coefficient (Wildman–Crippen LogP) is 2.52. The van der Waals surface area contributed by atoms with Crippen LogP contribution in [-0.2, 0) is 4.74 Å². The molecule has 0 spiro atoms. The van der Waals surface area contributed by atoms with Crippen LogP contribution in [0.4, 0.5) is 19.3 Å². The van der Waals surface area contributed by atoms with E-state index in [1.807, 2.05) is 0 Å². The van der Waals surface area contributed by atoms with Crippen LogP contribution >= 0.6 is 0 Å². The normalized spacial score (nSPS) is 18.7. The Labute approximate surface area is 177 Å². The number of rotatable bonds is 4. The van der Waals surface area contributed by atoms with Crippen molar-refractivity contribution >= 4 is 17.6 Å². The molecule has 0 aliphatic carbocycles. The Hall–Kier alpha value is -3.27. The topological polar surface area (TPSA) is 84.0 Å². The number of aromatic nitrogens is 1. The van der Waals surface area contributed by atoms with Gasteiger partial charge < -0.3 is 24.6 Å². The van der Waals surface area contributed by atoms with Crippen LogP contribution in [-0.4, -0.2) is 72.2 Å². The molecule has 0 radical (unpaired) electrons. The summed E-state index contributed by atoms with van der Waals surface area (Å²) in [4.78, 5) is 32.7. The summed E-state index contributed by atoms with van der Waals surface area (Å²) in [5, 5.41) is 2.44. The zero-order valence-corrected chi connectivity index (χ0v) is 16.7. The fourth-order valence-corrected chi connectivity index (χ4v) is 3.54. The number of hydrogen-bond acceptors (Lipinski definition) is 5. The van der Waals surface area contributed by atoms with Crippen molar-refractivity contribution in [1.82, 2.24) is 14.8 Å².